The van der Waals surface area contributed by atoms with Crippen LogP contribution >= 0.6 is 0 Å². The highest BCUT2D eigenvalue weighted by Gasteiger charge is 2.16. The van der Waals surface area contributed by atoms with Crippen LogP contribution in [-0.4, -0.2) is 28.4 Å². The van der Waals surface area contributed by atoms with Crippen molar-refractivity contribution < 1.29 is 14.3 Å². The highest BCUT2D eigenvalue weighted by molar-refractivity contribution is 5.95. The van der Waals surface area contributed by atoms with Crippen molar-refractivity contribution in [3.05, 3.63) is 47.5 Å². The van der Waals surface area contributed by atoms with E-state index >= 15 is 0 Å². The summed E-state index contributed by atoms with van der Waals surface area (Å²) in [5, 5.41) is 14.2. The number of hydrogen-bond acceptors (Lipinski definition) is 6. The van der Waals surface area contributed by atoms with Crippen LogP contribution in [0.3, 0.4) is 0 Å². The predicted molar refractivity (Wildman–Crippen MR) is 78.5 cm³/mol. The van der Waals surface area contributed by atoms with Gasteiger partial charge < -0.3 is 15.4 Å². The minimum atomic E-state index is -0.415. The van der Waals surface area contributed by atoms with E-state index in [2.05, 4.69) is 20.6 Å². The lowest BCUT2D eigenvalue weighted by atomic mass is 10.1. The molecule has 2 heterocycles. The Morgan fingerprint density at radius 2 is 2.26 bits per heavy atom. The van der Waals surface area contributed by atoms with Gasteiger partial charge in [-0.05, 0) is 17.7 Å². The number of benzene rings is 1. The molecule has 2 N–H and O–H groups in total. The highest BCUT2D eigenvalue weighted by Crippen LogP contribution is 2.28. The fourth-order valence-electron chi connectivity index (χ4n) is 2.06. The molecule has 23 heavy (non-hydrogen) atoms. The number of nitriles is 1. The lowest BCUT2D eigenvalue weighted by molar-refractivity contribution is -0.118. The molecule has 114 valence electrons. The first-order chi connectivity index (χ1) is 11.2. The largest absolute Gasteiger partial charge is 0.482 e. The van der Waals surface area contributed by atoms with Gasteiger partial charge in [-0.2, -0.15) is 5.26 Å². The maximum Gasteiger partial charge on any atom is 0.270 e. The molecule has 0 unspecified atom stereocenters. The molecule has 0 spiro atoms. The maximum atomic E-state index is 12.0. The van der Waals surface area contributed by atoms with E-state index in [1.807, 2.05) is 6.07 Å². The summed E-state index contributed by atoms with van der Waals surface area (Å²) in [6, 6.07) is 8.41. The number of nitrogens with zero attached hydrogens (tertiary/aromatic N) is 3. The fourth-order valence-corrected chi connectivity index (χ4v) is 2.06. The van der Waals surface area contributed by atoms with Gasteiger partial charge in [0, 0.05) is 12.6 Å². The SMILES string of the molecule is N#Cc1cc(C(=O)NCc2ccc3c(c2)NC(=O)CO3)ncn1. The molecule has 1 aromatic carbocycles. The fraction of sp³-hybridized carbons (Fsp3) is 0.133. The van der Waals surface area contributed by atoms with E-state index in [1.165, 1.54) is 12.4 Å². The number of fused-ring (bicyclic) bond motifs is 1. The number of carbonyl (C=O) groups is 2. The second-order valence-electron chi connectivity index (χ2n) is 4.75. The average molecular weight is 309 g/mol. The molecule has 0 saturated carbocycles. The quantitative estimate of drug-likeness (QED) is 0.858. The average Bonchev–Trinajstić information content (AvgIpc) is 2.59. The molecule has 1 aliphatic rings. The van der Waals surface area contributed by atoms with Gasteiger partial charge in [-0.25, -0.2) is 9.97 Å². The maximum absolute atomic E-state index is 12.0. The van der Waals surface area contributed by atoms with Crippen LogP contribution in [0.4, 0.5) is 5.69 Å². The Morgan fingerprint density at radius 3 is 3.09 bits per heavy atom. The van der Waals surface area contributed by atoms with E-state index in [0.717, 1.165) is 5.56 Å². The number of nitrogens with one attached hydrogen (secondary N) is 2. The van der Waals surface area contributed by atoms with Crippen LogP contribution in [0, 0.1) is 11.3 Å². The van der Waals surface area contributed by atoms with E-state index in [1.54, 1.807) is 18.2 Å². The second kappa shape index (κ2) is 6.11. The lowest BCUT2D eigenvalue weighted by Gasteiger charge is -2.18. The Hall–Kier alpha value is -3.47. The third-order valence-electron chi connectivity index (χ3n) is 3.14. The van der Waals surface area contributed by atoms with Crippen molar-refractivity contribution in [3.8, 4) is 11.8 Å². The summed E-state index contributed by atoms with van der Waals surface area (Å²) in [4.78, 5) is 30.9. The Labute approximate surface area is 131 Å². The number of aromatic nitrogens is 2. The molecule has 0 bridgehead atoms. The summed E-state index contributed by atoms with van der Waals surface area (Å²) in [5.74, 6) is -0.0419. The summed E-state index contributed by atoms with van der Waals surface area (Å²) >= 11 is 0. The molecular formula is C15H11N5O3. The van der Waals surface area contributed by atoms with Gasteiger partial charge in [-0.3, -0.25) is 9.59 Å². The molecule has 0 aliphatic carbocycles. The Balaban J connectivity index is 1.68. The zero-order valence-electron chi connectivity index (χ0n) is 11.9. The van der Waals surface area contributed by atoms with Gasteiger partial charge in [0.05, 0.1) is 5.69 Å². The molecule has 0 radical (unpaired) electrons. The molecule has 2 amide bonds. The number of carbonyl (C=O) groups excluding carboxylic acids is 2. The van der Waals surface area contributed by atoms with Crippen molar-refractivity contribution in [2.45, 2.75) is 6.54 Å². The summed E-state index contributed by atoms with van der Waals surface area (Å²) in [5.41, 5.74) is 1.60. The van der Waals surface area contributed by atoms with E-state index in [4.69, 9.17) is 10.00 Å². The van der Waals surface area contributed by atoms with Crippen LogP contribution in [0.25, 0.3) is 0 Å². The van der Waals surface area contributed by atoms with Crippen molar-refractivity contribution in [2.24, 2.45) is 0 Å². The molecule has 8 heteroatoms. The van der Waals surface area contributed by atoms with E-state index in [-0.39, 0.29) is 30.4 Å². The summed E-state index contributed by atoms with van der Waals surface area (Å²) in [7, 11) is 0. The molecule has 1 aromatic heterocycles. The number of ether oxygens (including phenoxy) is 1. The Bertz CT molecular complexity index is 828. The van der Waals surface area contributed by atoms with Gasteiger partial charge >= 0.3 is 0 Å². The number of anilines is 1. The summed E-state index contributed by atoms with van der Waals surface area (Å²) in [6.45, 7) is 0.242. The first-order valence-corrected chi connectivity index (χ1v) is 6.71. The first kappa shape index (κ1) is 14.5. The normalized spacial score (nSPS) is 12.4. The Morgan fingerprint density at radius 1 is 1.39 bits per heavy atom. The molecule has 2 aromatic rings. The van der Waals surface area contributed by atoms with Gasteiger partial charge in [-0.15, -0.1) is 0 Å². The second-order valence-corrected chi connectivity index (χ2v) is 4.75. The van der Waals surface area contributed by atoms with Crippen molar-refractivity contribution in [1.82, 2.24) is 15.3 Å². The highest BCUT2D eigenvalue weighted by atomic mass is 16.5. The van der Waals surface area contributed by atoms with E-state index < -0.39 is 5.91 Å². The molecule has 0 fully saturated rings. The molecule has 0 saturated heterocycles. The van der Waals surface area contributed by atoms with Crippen molar-refractivity contribution >= 4 is 17.5 Å². The van der Waals surface area contributed by atoms with Crippen LogP contribution in [0.2, 0.25) is 0 Å². The standard InChI is InChI=1S/C15H11N5O3/c16-5-10-4-12(19-8-18-10)15(22)17-6-9-1-2-13-11(3-9)20-14(21)7-23-13/h1-4,8H,6-7H2,(H,17,22)(H,20,21). The third kappa shape index (κ3) is 3.24. The molecule has 3 rings (SSSR count). The first-order valence-electron chi connectivity index (χ1n) is 6.71. The smallest absolute Gasteiger partial charge is 0.270 e. The van der Waals surface area contributed by atoms with Crippen LogP contribution in [0.15, 0.2) is 30.6 Å². The topological polar surface area (TPSA) is 117 Å². The van der Waals surface area contributed by atoms with Crippen LogP contribution in [-0.2, 0) is 11.3 Å². The van der Waals surface area contributed by atoms with Crippen LogP contribution in [0.1, 0.15) is 21.7 Å². The minimum Gasteiger partial charge on any atom is -0.482 e. The number of amides is 2. The predicted octanol–water partition coefficient (Wildman–Crippen LogP) is 0.609. The zero-order valence-corrected chi connectivity index (χ0v) is 11.9. The lowest BCUT2D eigenvalue weighted by Crippen LogP contribution is -2.26. The van der Waals surface area contributed by atoms with Gasteiger partial charge in [0.2, 0.25) is 0 Å². The summed E-state index contributed by atoms with van der Waals surface area (Å²) in [6.07, 6.45) is 1.17. The van der Waals surface area contributed by atoms with Crippen molar-refractivity contribution in [1.29, 1.82) is 5.26 Å². The monoisotopic (exact) mass is 309 g/mol. The third-order valence-corrected chi connectivity index (χ3v) is 3.14. The van der Waals surface area contributed by atoms with E-state index in [0.29, 0.717) is 11.4 Å². The van der Waals surface area contributed by atoms with Gasteiger partial charge in [0.25, 0.3) is 11.8 Å². The van der Waals surface area contributed by atoms with Crippen LogP contribution < -0.4 is 15.4 Å². The molecule has 1 aliphatic heterocycles. The molecule has 8 nitrogen and oxygen atoms in total. The minimum absolute atomic E-state index is 0.00196. The van der Waals surface area contributed by atoms with Gasteiger partial charge in [0.15, 0.2) is 6.61 Å². The number of rotatable bonds is 3. The van der Waals surface area contributed by atoms with Crippen molar-refractivity contribution in [2.75, 3.05) is 11.9 Å². The van der Waals surface area contributed by atoms with Gasteiger partial charge in [-0.1, -0.05) is 6.07 Å². The number of hydrogen-bond donors (Lipinski definition) is 2. The van der Waals surface area contributed by atoms with Crippen molar-refractivity contribution in [3.63, 3.8) is 0 Å². The summed E-state index contributed by atoms with van der Waals surface area (Å²) < 4.78 is 5.26. The van der Waals surface area contributed by atoms with Crippen LogP contribution in [0.5, 0.6) is 5.75 Å². The van der Waals surface area contributed by atoms with E-state index in [9.17, 15) is 9.59 Å². The molecular weight excluding hydrogens is 298 g/mol. The Kier molecular flexibility index (Phi) is 3.84. The van der Waals surface area contributed by atoms with Gasteiger partial charge in [0.1, 0.15) is 29.5 Å². The zero-order chi connectivity index (χ0) is 16.2. The molecule has 0 atom stereocenters.